The summed E-state index contributed by atoms with van der Waals surface area (Å²) in [6.07, 6.45) is 2.43. The van der Waals surface area contributed by atoms with Crippen LogP contribution in [0.3, 0.4) is 0 Å². The summed E-state index contributed by atoms with van der Waals surface area (Å²) in [4.78, 5) is 25.5. The Bertz CT molecular complexity index is 630. The SMILES string of the molecule is CCCOc1c(Cl)cc(C(=O)N(C2CC2)C(C)C(=O)O)cc1OC. The molecular formula is C17H22ClNO5. The molecule has 1 aliphatic carbocycles. The standard InChI is InChI=1S/C17H22ClNO5/c1-4-7-24-15-13(18)8-11(9-14(15)23-3)16(20)19(12-5-6-12)10(2)17(21)22/h8-10,12H,4-7H2,1-3H3,(H,21,22). The van der Waals surface area contributed by atoms with E-state index in [4.69, 9.17) is 21.1 Å². The number of rotatable bonds is 8. The van der Waals surface area contributed by atoms with Crippen LogP contribution in [0.15, 0.2) is 12.1 Å². The lowest BCUT2D eigenvalue weighted by Crippen LogP contribution is -2.44. The Hall–Kier alpha value is -1.95. The molecule has 24 heavy (non-hydrogen) atoms. The highest BCUT2D eigenvalue weighted by atomic mass is 35.5. The van der Waals surface area contributed by atoms with Crippen LogP contribution in [-0.4, -0.2) is 47.7 Å². The van der Waals surface area contributed by atoms with Gasteiger partial charge >= 0.3 is 5.97 Å². The van der Waals surface area contributed by atoms with Gasteiger partial charge in [0.25, 0.3) is 5.91 Å². The average molecular weight is 356 g/mol. The van der Waals surface area contributed by atoms with Crippen molar-refractivity contribution in [1.82, 2.24) is 4.90 Å². The van der Waals surface area contributed by atoms with E-state index in [1.165, 1.54) is 25.0 Å². The van der Waals surface area contributed by atoms with Crippen LogP contribution >= 0.6 is 11.6 Å². The highest BCUT2D eigenvalue weighted by Gasteiger charge is 2.39. The highest BCUT2D eigenvalue weighted by Crippen LogP contribution is 2.38. The van der Waals surface area contributed by atoms with Crippen LogP contribution in [0.2, 0.25) is 5.02 Å². The molecule has 2 rings (SSSR count). The topological polar surface area (TPSA) is 76.1 Å². The minimum atomic E-state index is -1.03. The molecule has 132 valence electrons. The third-order valence-electron chi connectivity index (χ3n) is 3.88. The number of amides is 1. The Balaban J connectivity index is 2.34. The first kappa shape index (κ1) is 18.4. The second-order valence-corrected chi connectivity index (χ2v) is 6.20. The molecule has 1 unspecified atom stereocenters. The third kappa shape index (κ3) is 3.93. The number of halogens is 1. The quantitative estimate of drug-likeness (QED) is 0.774. The summed E-state index contributed by atoms with van der Waals surface area (Å²) in [5.74, 6) is -0.648. The zero-order valence-electron chi connectivity index (χ0n) is 14.0. The molecule has 6 nitrogen and oxygen atoms in total. The number of ether oxygens (including phenoxy) is 2. The molecule has 1 amide bonds. The summed E-state index contributed by atoms with van der Waals surface area (Å²) in [6, 6.07) is 2.11. The van der Waals surface area contributed by atoms with Crippen molar-refractivity contribution in [3.8, 4) is 11.5 Å². The summed E-state index contributed by atoms with van der Waals surface area (Å²) in [7, 11) is 1.47. The second kappa shape index (κ2) is 7.75. The van der Waals surface area contributed by atoms with Crippen molar-refractivity contribution in [3.63, 3.8) is 0 Å². The molecular weight excluding hydrogens is 334 g/mol. The summed E-state index contributed by atoms with van der Waals surface area (Å²) in [5, 5.41) is 9.53. The van der Waals surface area contributed by atoms with Gasteiger partial charge in [-0.2, -0.15) is 0 Å². The fourth-order valence-corrected chi connectivity index (χ4v) is 2.73. The molecule has 0 bridgehead atoms. The molecule has 1 fully saturated rings. The molecule has 1 aromatic rings. The van der Waals surface area contributed by atoms with Crippen LogP contribution in [0.1, 0.15) is 43.5 Å². The second-order valence-electron chi connectivity index (χ2n) is 5.80. The number of aliphatic carboxylic acids is 1. The normalized spacial score (nSPS) is 14.8. The van der Waals surface area contributed by atoms with Crippen molar-refractivity contribution in [3.05, 3.63) is 22.7 Å². The zero-order chi connectivity index (χ0) is 17.9. The summed E-state index contributed by atoms with van der Waals surface area (Å²) >= 11 is 6.24. The maximum absolute atomic E-state index is 12.8. The van der Waals surface area contributed by atoms with Gasteiger partial charge in [0.15, 0.2) is 11.5 Å². The molecule has 0 heterocycles. The van der Waals surface area contributed by atoms with Crippen LogP contribution in [0.4, 0.5) is 0 Å². The molecule has 1 N–H and O–H groups in total. The number of carboxylic acid groups (broad SMARTS) is 1. The van der Waals surface area contributed by atoms with Crippen LogP contribution in [0.5, 0.6) is 11.5 Å². The van der Waals surface area contributed by atoms with E-state index in [1.807, 2.05) is 6.92 Å². The van der Waals surface area contributed by atoms with Gasteiger partial charge in [0.2, 0.25) is 0 Å². The summed E-state index contributed by atoms with van der Waals surface area (Å²) in [6.45, 7) is 3.96. The molecule has 0 aliphatic heterocycles. The van der Waals surface area contributed by atoms with Gasteiger partial charge < -0.3 is 19.5 Å². The molecule has 0 saturated heterocycles. The first-order valence-electron chi connectivity index (χ1n) is 7.96. The molecule has 1 aromatic carbocycles. The molecule has 1 aliphatic rings. The van der Waals surface area contributed by atoms with E-state index in [1.54, 1.807) is 6.07 Å². The van der Waals surface area contributed by atoms with E-state index in [0.717, 1.165) is 19.3 Å². The third-order valence-corrected chi connectivity index (χ3v) is 4.16. The van der Waals surface area contributed by atoms with E-state index in [0.29, 0.717) is 23.7 Å². The largest absolute Gasteiger partial charge is 0.493 e. The van der Waals surface area contributed by atoms with Gasteiger partial charge in [-0.15, -0.1) is 0 Å². The van der Waals surface area contributed by atoms with Crippen molar-refractivity contribution in [2.75, 3.05) is 13.7 Å². The Kier molecular flexibility index (Phi) is 5.94. The highest BCUT2D eigenvalue weighted by molar-refractivity contribution is 6.32. The van der Waals surface area contributed by atoms with Gasteiger partial charge in [-0.3, -0.25) is 4.79 Å². The van der Waals surface area contributed by atoms with E-state index in [-0.39, 0.29) is 17.0 Å². The maximum atomic E-state index is 12.8. The smallest absolute Gasteiger partial charge is 0.326 e. The van der Waals surface area contributed by atoms with E-state index >= 15 is 0 Å². The van der Waals surface area contributed by atoms with Crippen molar-refractivity contribution in [2.45, 2.75) is 45.2 Å². The predicted molar refractivity (Wildman–Crippen MR) is 90.1 cm³/mol. The van der Waals surface area contributed by atoms with Crippen molar-refractivity contribution in [1.29, 1.82) is 0 Å². The molecule has 1 atom stereocenters. The molecule has 0 aromatic heterocycles. The lowest BCUT2D eigenvalue weighted by atomic mass is 10.1. The number of hydrogen-bond donors (Lipinski definition) is 1. The van der Waals surface area contributed by atoms with E-state index in [9.17, 15) is 14.7 Å². The number of methoxy groups -OCH3 is 1. The fourth-order valence-electron chi connectivity index (χ4n) is 2.47. The minimum absolute atomic E-state index is 0.0376. The lowest BCUT2D eigenvalue weighted by Gasteiger charge is -2.27. The van der Waals surface area contributed by atoms with Gasteiger partial charge in [-0.25, -0.2) is 4.79 Å². The van der Waals surface area contributed by atoms with Crippen molar-refractivity contribution < 1.29 is 24.2 Å². The van der Waals surface area contributed by atoms with E-state index in [2.05, 4.69) is 0 Å². The first-order chi connectivity index (χ1) is 11.4. The lowest BCUT2D eigenvalue weighted by molar-refractivity contribution is -0.141. The Morgan fingerprint density at radius 1 is 1.42 bits per heavy atom. The number of benzene rings is 1. The number of hydrogen-bond acceptors (Lipinski definition) is 4. The Morgan fingerprint density at radius 2 is 2.08 bits per heavy atom. The molecule has 1 saturated carbocycles. The average Bonchev–Trinajstić information content (AvgIpc) is 3.37. The maximum Gasteiger partial charge on any atom is 0.326 e. The first-order valence-corrected chi connectivity index (χ1v) is 8.34. The van der Waals surface area contributed by atoms with Crippen LogP contribution in [0, 0.1) is 0 Å². The Labute approximate surface area is 146 Å². The fraction of sp³-hybridized carbons (Fsp3) is 0.529. The van der Waals surface area contributed by atoms with Gasteiger partial charge in [0.1, 0.15) is 6.04 Å². The summed E-state index contributed by atoms with van der Waals surface area (Å²) in [5.41, 5.74) is 0.292. The van der Waals surface area contributed by atoms with Crippen LogP contribution in [0.25, 0.3) is 0 Å². The Morgan fingerprint density at radius 3 is 2.58 bits per heavy atom. The number of carboxylic acids is 1. The van der Waals surface area contributed by atoms with Crippen molar-refractivity contribution >= 4 is 23.5 Å². The molecule has 0 radical (unpaired) electrons. The zero-order valence-corrected chi connectivity index (χ0v) is 14.8. The number of carbonyl (C=O) groups is 2. The molecule has 7 heteroatoms. The van der Waals surface area contributed by atoms with E-state index < -0.39 is 12.0 Å². The minimum Gasteiger partial charge on any atom is -0.493 e. The number of carbonyl (C=O) groups excluding carboxylic acids is 1. The van der Waals surface area contributed by atoms with Crippen LogP contribution in [-0.2, 0) is 4.79 Å². The van der Waals surface area contributed by atoms with Crippen LogP contribution < -0.4 is 9.47 Å². The predicted octanol–water partition coefficient (Wildman–Crippen LogP) is 3.22. The molecule has 0 spiro atoms. The van der Waals surface area contributed by atoms with Gasteiger partial charge in [-0.05, 0) is 38.3 Å². The van der Waals surface area contributed by atoms with Gasteiger partial charge in [0.05, 0.1) is 18.7 Å². The van der Waals surface area contributed by atoms with Gasteiger partial charge in [-0.1, -0.05) is 18.5 Å². The summed E-state index contributed by atoms with van der Waals surface area (Å²) < 4.78 is 10.9. The van der Waals surface area contributed by atoms with Gasteiger partial charge in [0, 0.05) is 11.6 Å². The number of nitrogens with zero attached hydrogens (tertiary/aromatic N) is 1. The van der Waals surface area contributed by atoms with Crippen molar-refractivity contribution in [2.24, 2.45) is 0 Å². The monoisotopic (exact) mass is 355 g/mol.